The fourth-order valence-electron chi connectivity index (χ4n) is 4.88. The monoisotopic (exact) mass is 501 g/mol. The zero-order valence-electron chi connectivity index (χ0n) is 19.9. The molecule has 3 N–H and O–H groups in total. The van der Waals surface area contributed by atoms with Crippen molar-refractivity contribution in [1.29, 1.82) is 0 Å². The predicted molar refractivity (Wildman–Crippen MR) is 135 cm³/mol. The second-order valence-electron chi connectivity index (χ2n) is 8.73. The Morgan fingerprint density at radius 1 is 1.17 bits per heavy atom. The lowest BCUT2D eigenvalue weighted by molar-refractivity contribution is 0.119. The lowest BCUT2D eigenvalue weighted by atomic mass is 9.95. The Bertz CT molecular complexity index is 1300. The maximum atomic E-state index is 13.6. The molecule has 35 heavy (non-hydrogen) atoms. The minimum absolute atomic E-state index is 0.0314. The molecule has 1 aliphatic rings. The molecule has 1 fully saturated rings. The zero-order chi connectivity index (χ0) is 25.3. The molecule has 0 aliphatic carbocycles. The van der Waals surface area contributed by atoms with Gasteiger partial charge in [-0.2, -0.15) is 4.98 Å². The van der Waals surface area contributed by atoms with E-state index in [4.69, 9.17) is 17.3 Å². The van der Waals surface area contributed by atoms with Crippen molar-refractivity contribution in [2.75, 3.05) is 18.0 Å². The summed E-state index contributed by atoms with van der Waals surface area (Å²) in [5.41, 5.74) is 7.73. The number of pyridine rings is 1. The van der Waals surface area contributed by atoms with Crippen LogP contribution in [0.15, 0.2) is 46.3 Å². The van der Waals surface area contributed by atoms with Gasteiger partial charge in [0.25, 0.3) is 0 Å². The van der Waals surface area contributed by atoms with E-state index in [1.165, 1.54) is 16.7 Å². The van der Waals surface area contributed by atoms with Gasteiger partial charge in [0, 0.05) is 32.2 Å². The molecule has 0 saturated carbocycles. The number of aryl methyl sites for hydroxylation is 1. The average Bonchev–Trinajstić information content (AvgIpc) is 2.87. The standard InChI is InChI=1S/C24H29ClFN7O2/c1-4-16-13-33(23-20-18(10-11-19(25)28-20)31(3)24(34)29-23)17(5-2)12-32(16)21(22(27)30-35)14-6-8-15(26)9-7-14/h6-11,16-17,21,35H,4-5,12-13H2,1-3H3,(H2,27,30)/t16-,17+,21?/m1/s1. The molecule has 0 radical (unpaired) electrons. The molecular formula is C24H29ClFN7O2. The van der Waals surface area contributed by atoms with Gasteiger partial charge < -0.3 is 15.8 Å². The Morgan fingerprint density at radius 2 is 1.86 bits per heavy atom. The summed E-state index contributed by atoms with van der Waals surface area (Å²) in [5.74, 6) is 0.173. The second-order valence-corrected chi connectivity index (χ2v) is 9.12. The molecule has 0 bridgehead atoms. The number of piperazine rings is 1. The van der Waals surface area contributed by atoms with Gasteiger partial charge >= 0.3 is 5.69 Å². The van der Waals surface area contributed by atoms with E-state index in [1.54, 1.807) is 31.3 Å². The molecule has 3 heterocycles. The topological polar surface area (TPSA) is 113 Å². The van der Waals surface area contributed by atoms with Crippen molar-refractivity contribution in [3.05, 3.63) is 63.4 Å². The Labute approximate surface area is 207 Å². The van der Waals surface area contributed by atoms with Crippen LogP contribution < -0.4 is 16.3 Å². The molecule has 3 atom stereocenters. The quantitative estimate of drug-likeness (QED) is 0.175. The Hall–Kier alpha value is -3.24. The number of amidine groups is 1. The lowest BCUT2D eigenvalue weighted by Gasteiger charge is -2.49. The van der Waals surface area contributed by atoms with E-state index in [-0.39, 0.29) is 29.4 Å². The van der Waals surface area contributed by atoms with Crippen molar-refractivity contribution < 1.29 is 9.60 Å². The van der Waals surface area contributed by atoms with Gasteiger partial charge in [-0.05, 0) is 42.7 Å². The molecule has 0 spiro atoms. The van der Waals surface area contributed by atoms with Gasteiger partial charge in [-0.15, -0.1) is 0 Å². The van der Waals surface area contributed by atoms with Gasteiger partial charge in [0.2, 0.25) is 0 Å². The minimum Gasteiger partial charge on any atom is -0.409 e. The van der Waals surface area contributed by atoms with E-state index in [2.05, 4.69) is 38.8 Å². The summed E-state index contributed by atoms with van der Waals surface area (Å²) in [4.78, 5) is 25.9. The smallest absolute Gasteiger partial charge is 0.349 e. The fourth-order valence-corrected chi connectivity index (χ4v) is 5.03. The van der Waals surface area contributed by atoms with Crippen molar-refractivity contribution in [2.24, 2.45) is 17.9 Å². The molecule has 11 heteroatoms. The summed E-state index contributed by atoms with van der Waals surface area (Å²) in [7, 11) is 1.66. The molecule has 3 aromatic rings. The molecular weight excluding hydrogens is 473 g/mol. The van der Waals surface area contributed by atoms with Crippen LogP contribution in [-0.4, -0.2) is 55.7 Å². The van der Waals surface area contributed by atoms with Crippen molar-refractivity contribution in [3.8, 4) is 0 Å². The van der Waals surface area contributed by atoms with Gasteiger partial charge in [-0.3, -0.25) is 9.47 Å². The highest BCUT2D eigenvalue weighted by Crippen LogP contribution is 2.34. The van der Waals surface area contributed by atoms with Gasteiger partial charge in [0.1, 0.15) is 16.5 Å². The van der Waals surface area contributed by atoms with Gasteiger partial charge in [-0.25, -0.2) is 14.2 Å². The first-order valence-electron chi connectivity index (χ1n) is 11.6. The summed E-state index contributed by atoms with van der Waals surface area (Å²) in [6.07, 6.45) is 1.50. The molecule has 1 aromatic carbocycles. The first-order chi connectivity index (χ1) is 16.8. The van der Waals surface area contributed by atoms with Gasteiger partial charge in [0.05, 0.1) is 11.6 Å². The number of nitrogens with zero attached hydrogens (tertiary/aromatic N) is 6. The van der Waals surface area contributed by atoms with Gasteiger partial charge in [0.15, 0.2) is 11.7 Å². The number of oxime groups is 1. The largest absolute Gasteiger partial charge is 0.409 e. The number of nitrogens with two attached hydrogens (primary N) is 1. The number of anilines is 1. The van der Waals surface area contributed by atoms with Gasteiger partial charge in [-0.1, -0.05) is 42.7 Å². The molecule has 1 unspecified atom stereocenters. The van der Waals surface area contributed by atoms with E-state index in [1.807, 2.05) is 0 Å². The number of fused-ring (bicyclic) bond motifs is 1. The van der Waals surface area contributed by atoms with Crippen LogP contribution in [-0.2, 0) is 7.05 Å². The summed E-state index contributed by atoms with van der Waals surface area (Å²) >= 11 is 6.21. The second kappa shape index (κ2) is 10.2. The van der Waals surface area contributed by atoms with E-state index >= 15 is 0 Å². The van der Waals surface area contributed by atoms with E-state index in [0.29, 0.717) is 35.1 Å². The molecule has 4 rings (SSSR count). The SMILES string of the molecule is CC[C@H]1CN(C(/C(N)=N/O)c2ccc(F)cc2)[C@H](CC)CN1c1nc(=O)n(C)c2ccc(Cl)nc12. The molecule has 1 saturated heterocycles. The number of hydrogen-bond donors (Lipinski definition) is 2. The molecule has 1 aliphatic heterocycles. The van der Waals surface area contributed by atoms with Crippen molar-refractivity contribution in [3.63, 3.8) is 0 Å². The highest BCUT2D eigenvalue weighted by Gasteiger charge is 2.39. The first kappa shape index (κ1) is 24.9. The van der Waals surface area contributed by atoms with E-state index < -0.39 is 6.04 Å². The third-order valence-electron chi connectivity index (χ3n) is 6.77. The lowest BCUT2D eigenvalue weighted by Crippen LogP contribution is -2.60. The normalized spacial score (nSPS) is 20.4. The van der Waals surface area contributed by atoms with E-state index in [9.17, 15) is 14.4 Å². The predicted octanol–water partition coefficient (Wildman–Crippen LogP) is 3.29. The summed E-state index contributed by atoms with van der Waals surface area (Å²) < 4.78 is 15.1. The third-order valence-corrected chi connectivity index (χ3v) is 6.98. The average molecular weight is 502 g/mol. The van der Waals surface area contributed by atoms with Crippen LogP contribution in [0.5, 0.6) is 0 Å². The third kappa shape index (κ3) is 4.68. The van der Waals surface area contributed by atoms with Crippen molar-refractivity contribution in [2.45, 2.75) is 44.8 Å². The van der Waals surface area contributed by atoms with Crippen LogP contribution in [0.2, 0.25) is 5.15 Å². The molecule has 186 valence electrons. The van der Waals surface area contributed by atoms with Crippen molar-refractivity contribution in [1.82, 2.24) is 19.4 Å². The number of aromatic nitrogens is 3. The first-order valence-corrected chi connectivity index (χ1v) is 11.9. The fraction of sp³-hybridized carbons (Fsp3) is 0.417. The molecule has 0 amide bonds. The Morgan fingerprint density at radius 3 is 2.49 bits per heavy atom. The molecule has 2 aromatic heterocycles. The highest BCUT2D eigenvalue weighted by molar-refractivity contribution is 6.29. The summed E-state index contributed by atoms with van der Waals surface area (Å²) in [5, 5.41) is 13.2. The maximum absolute atomic E-state index is 13.6. The van der Waals surface area contributed by atoms with Crippen molar-refractivity contribution >= 4 is 34.3 Å². The number of rotatable bonds is 6. The highest BCUT2D eigenvalue weighted by atomic mass is 35.5. The van der Waals surface area contributed by atoms with E-state index in [0.717, 1.165) is 18.4 Å². The van der Waals surface area contributed by atoms with Crippen LogP contribution in [0.1, 0.15) is 38.3 Å². The van der Waals surface area contributed by atoms with Crippen LogP contribution in [0.4, 0.5) is 10.2 Å². The molecule has 9 nitrogen and oxygen atoms in total. The summed E-state index contributed by atoms with van der Waals surface area (Å²) in [6, 6.07) is 8.85. The number of hydrogen-bond acceptors (Lipinski definition) is 7. The Kier molecular flexibility index (Phi) is 7.23. The van der Waals surface area contributed by atoms with Crippen LogP contribution in [0.25, 0.3) is 11.0 Å². The van der Waals surface area contributed by atoms with Crippen LogP contribution >= 0.6 is 11.6 Å². The number of benzene rings is 1. The van der Waals surface area contributed by atoms with Crippen LogP contribution in [0.3, 0.4) is 0 Å². The maximum Gasteiger partial charge on any atom is 0.349 e. The minimum atomic E-state index is -0.539. The zero-order valence-corrected chi connectivity index (χ0v) is 20.7. The Balaban J connectivity index is 1.79. The number of halogens is 2. The van der Waals surface area contributed by atoms with Crippen LogP contribution in [0, 0.1) is 5.82 Å². The summed E-state index contributed by atoms with van der Waals surface area (Å²) in [6.45, 7) is 5.20.